The number of aromatic nitrogens is 1. The highest BCUT2D eigenvalue weighted by molar-refractivity contribution is 5.94. The second-order valence-electron chi connectivity index (χ2n) is 5.79. The summed E-state index contributed by atoms with van der Waals surface area (Å²) in [7, 11) is 0. The van der Waals surface area contributed by atoms with Gasteiger partial charge in [-0.2, -0.15) is 13.2 Å². The van der Waals surface area contributed by atoms with Gasteiger partial charge in [0.25, 0.3) is 5.91 Å². The first-order valence-corrected chi connectivity index (χ1v) is 8.15. The lowest BCUT2D eigenvalue weighted by atomic mass is 10.1. The number of nitrogens with two attached hydrogens (primary N) is 1. The average Bonchev–Trinajstić information content (AvgIpc) is 2.60. The summed E-state index contributed by atoms with van der Waals surface area (Å²) in [5.74, 6) is -0.365. The molecule has 1 saturated heterocycles. The predicted molar refractivity (Wildman–Crippen MR) is 84.3 cm³/mol. The Bertz CT molecular complexity index is 544. The number of hydrogen-bond acceptors (Lipinski definition) is 5. The van der Waals surface area contributed by atoms with Crippen molar-refractivity contribution < 1.29 is 27.4 Å². The molecular formula is C16H22F3N3O3. The molecule has 9 heteroatoms. The number of halogens is 3. The van der Waals surface area contributed by atoms with E-state index in [9.17, 15) is 18.0 Å². The highest BCUT2D eigenvalue weighted by Gasteiger charge is 2.29. The third kappa shape index (κ3) is 6.50. The van der Waals surface area contributed by atoms with Gasteiger partial charge in [0, 0.05) is 32.0 Å². The van der Waals surface area contributed by atoms with Crippen molar-refractivity contribution in [1.29, 1.82) is 0 Å². The second-order valence-corrected chi connectivity index (χ2v) is 5.79. The lowest BCUT2D eigenvalue weighted by Crippen LogP contribution is -2.41. The number of hydrogen-bond donors (Lipinski definition) is 1. The summed E-state index contributed by atoms with van der Waals surface area (Å²) in [5.41, 5.74) is 5.74. The fraction of sp³-hybridized carbons (Fsp3) is 0.625. The van der Waals surface area contributed by atoms with Gasteiger partial charge in [-0.1, -0.05) is 0 Å². The fourth-order valence-electron chi connectivity index (χ4n) is 2.49. The van der Waals surface area contributed by atoms with E-state index in [-0.39, 0.29) is 17.9 Å². The van der Waals surface area contributed by atoms with Gasteiger partial charge in [-0.25, -0.2) is 4.98 Å². The van der Waals surface area contributed by atoms with Gasteiger partial charge in [0.15, 0.2) is 6.61 Å². The van der Waals surface area contributed by atoms with Gasteiger partial charge in [-0.3, -0.25) is 4.79 Å². The highest BCUT2D eigenvalue weighted by Crippen LogP contribution is 2.19. The van der Waals surface area contributed by atoms with Crippen LogP contribution in [0.1, 0.15) is 29.6 Å². The molecule has 25 heavy (non-hydrogen) atoms. The molecule has 1 aromatic rings. The van der Waals surface area contributed by atoms with E-state index in [0.29, 0.717) is 31.8 Å². The van der Waals surface area contributed by atoms with E-state index in [2.05, 4.69) is 9.72 Å². The highest BCUT2D eigenvalue weighted by atomic mass is 19.4. The summed E-state index contributed by atoms with van der Waals surface area (Å²) in [6.45, 7) is 0.938. The molecule has 1 amide bonds. The normalized spacial score (nSPS) is 16.1. The number of nitrogens with zero attached hydrogens (tertiary/aromatic N) is 2. The number of ether oxygens (including phenoxy) is 2. The number of rotatable bonds is 7. The maximum absolute atomic E-state index is 12.4. The van der Waals surface area contributed by atoms with E-state index in [1.54, 1.807) is 4.90 Å². The average molecular weight is 361 g/mol. The van der Waals surface area contributed by atoms with Crippen molar-refractivity contribution in [3.8, 4) is 5.88 Å². The van der Waals surface area contributed by atoms with Gasteiger partial charge < -0.3 is 20.1 Å². The zero-order valence-electron chi connectivity index (χ0n) is 13.8. The lowest BCUT2D eigenvalue weighted by molar-refractivity contribution is -0.154. The number of carbonyl (C=O) groups excluding carboxylic acids is 1. The standard InChI is InChI=1S/C16H22F3N3O3/c17-16(18,19)11-25-14-3-2-12(10-21-14)15(23)22-7-4-13(5-8-22)24-9-1-6-20/h2-3,10,13H,1,4-9,11,20H2. The molecule has 1 fully saturated rings. The van der Waals surface area contributed by atoms with E-state index in [1.165, 1.54) is 18.3 Å². The molecule has 2 N–H and O–H groups in total. The SMILES string of the molecule is NCCCOC1CCN(C(=O)c2ccc(OCC(F)(F)F)nc2)CC1. The van der Waals surface area contributed by atoms with Crippen LogP contribution in [0.25, 0.3) is 0 Å². The van der Waals surface area contributed by atoms with Crippen LogP contribution < -0.4 is 10.5 Å². The van der Waals surface area contributed by atoms with Gasteiger partial charge in [-0.05, 0) is 31.9 Å². The lowest BCUT2D eigenvalue weighted by Gasteiger charge is -2.32. The molecule has 0 spiro atoms. The molecule has 0 unspecified atom stereocenters. The number of pyridine rings is 1. The number of amides is 1. The summed E-state index contributed by atoms with van der Waals surface area (Å²) in [4.78, 5) is 17.8. The molecule has 0 bridgehead atoms. The Labute approximate surface area is 144 Å². The predicted octanol–water partition coefficient (Wildman–Crippen LogP) is 1.99. The molecule has 140 valence electrons. The van der Waals surface area contributed by atoms with Gasteiger partial charge in [0.2, 0.25) is 5.88 Å². The minimum atomic E-state index is -4.42. The Morgan fingerprint density at radius 3 is 2.60 bits per heavy atom. The number of carbonyl (C=O) groups is 1. The van der Waals surface area contributed by atoms with Crippen LogP contribution in [-0.2, 0) is 4.74 Å². The minimum Gasteiger partial charge on any atom is -0.468 e. The molecule has 2 rings (SSSR count). The Hall–Kier alpha value is -1.87. The van der Waals surface area contributed by atoms with Crippen molar-refractivity contribution in [2.75, 3.05) is 32.8 Å². The van der Waals surface area contributed by atoms with Gasteiger partial charge in [-0.15, -0.1) is 0 Å². The number of piperidine rings is 1. The minimum absolute atomic E-state index is 0.131. The van der Waals surface area contributed by atoms with Crippen LogP contribution in [0, 0.1) is 0 Å². The zero-order valence-corrected chi connectivity index (χ0v) is 13.8. The Morgan fingerprint density at radius 1 is 1.32 bits per heavy atom. The van der Waals surface area contributed by atoms with Crippen LogP contribution in [0.5, 0.6) is 5.88 Å². The monoisotopic (exact) mass is 361 g/mol. The van der Waals surface area contributed by atoms with E-state index in [0.717, 1.165) is 19.3 Å². The van der Waals surface area contributed by atoms with E-state index in [1.807, 2.05) is 0 Å². The molecule has 6 nitrogen and oxygen atoms in total. The van der Waals surface area contributed by atoms with Crippen LogP contribution in [0.2, 0.25) is 0 Å². The molecule has 2 heterocycles. The smallest absolute Gasteiger partial charge is 0.422 e. The summed E-state index contributed by atoms with van der Waals surface area (Å²) >= 11 is 0. The summed E-state index contributed by atoms with van der Waals surface area (Å²) < 4.78 is 46.5. The van der Waals surface area contributed by atoms with E-state index in [4.69, 9.17) is 10.5 Å². The van der Waals surface area contributed by atoms with Crippen LogP contribution in [-0.4, -0.2) is 60.9 Å². The fourth-order valence-corrected chi connectivity index (χ4v) is 2.49. The first kappa shape index (κ1) is 19.5. The van der Waals surface area contributed by atoms with Crippen LogP contribution in [0.15, 0.2) is 18.3 Å². The molecule has 0 aliphatic carbocycles. The molecule has 0 aromatic carbocycles. The molecule has 0 saturated carbocycles. The quantitative estimate of drug-likeness (QED) is 0.752. The third-order valence-electron chi connectivity index (χ3n) is 3.80. The number of likely N-dealkylation sites (tertiary alicyclic amines) is 1. The third-order valence-corrected chi connectivity index (χ3v) is 3.80. The van der Waals surface area contributed by atoms with Crippen molar-refractivity contribution >= 4 is 5.91 Å². The summed E-state index contributed by atoms with van der Waals surface area (Å²) in [5, 5.41) is 0. The Kier molecular flexibility index (Phi) is 7.01. The van der Waals surface area contributed by atoms with Crippen molar-refractivity contribution in [2.45, 2.75) is 31.5 Å². The topological polar surface area (TPSA) is 77.7 Å². The van der Waals surface area contributed by atoms with E-state index < -0.39 is 12.8 Å². The van der Waals surface area contributed by atoms with Gasteiger partial charge in [0.05, 0.1) is 11.7 Å². The molecular weight excluding hydrogens is 339 g/mol. The Morgan fingerprint density at radius 2 is 2.04 bits per heavy atom. The second kappa shape index (κ2) is 9.00. The van der Waals surface area contributed by atoms with Crippen molar-refractivity contribution in [1.82, 2.24) is 9.88 Å². The molecule has 0 radical (unpaired) electrons. The van der Waals surface area contributed by atoms with Crippen molar-refractivity contribution in [3.63, 3.8) is 0 Å². The maximum atomic E-state index is 12.4. The first-order chi connectivity index (χ1) is 11.9. The van der Waals surface area contributed by atoms with Gasteiger partial charge in [0.1, 0.15) is 0 Å². The van der Waals surface area contributed by atoms with E-state index >= 15 is 0 Å². The molecule has 0 atom stereocenters. The largest absolute Gasteiger partial charge is 0.468 e. The van der Waals surface area contributed by atoms with Crippen LogP contribution in [0.3, 0.4) is 0 Å². The van der Waals surface area contributed by atoms with Gasteiger partial charge >= 0.3 is 6.18 Å². The van der Waals surface area contributed by atoms with Crippen molar-refractivity contribution in [2.24, 2.45) is 5.73 Å². The molecule has 1 aliphatic heterocycles. The van der Waals surface area contributed by atoms with Crippen LogP contribution >= 0.6 is 0 Å². The van der Waals surface area contributed by atoms with Crippen LogP contribution in [0.4, 0.5) is 13.2 Å². The number of alkyl halides is 3. The first-order valence-electron chi connectivity index (χ1n) is 8.15. The van der Waals surface area contributed by atoms with Crippen molar-refractivity contribution in [3.05, 3.63) is 23.9 Å². The Balaban J connectivity index is 1.81. The maximum Gasteiger partial charge on any atom is 0.422 e. The zero-order chi connectivity index (χ0) is 18.3. The summed E-state index contributed by atoms with van der Waals surface area (Å²) in [6.07, 6.45) is -0.752. The molecule has 1 aromatic heterocycles. The molecule has 1 aliphatic rings. The summed E-state index contributed by atoms with van der Waals surface area (Å²) in [6, 6.07) is 2.69.